The van der Waals surface area contributed by atoms with Crippen LogP contribution in [0, 0.1) is 6.92 Å². The van der Waals surface area contributed by atoms with Crippen LogP contribution in [0.2, 0.25) is 0 Å². The minimum absolute atomic E-state index is 0.0122. The first-order valence-electron chi connectivity index (χ1n) is 7.92. The lowest BCUT2D eigenvalue weighted by molar-refractivity contribution is -0.127. The SMILES string of the molecule is Cc1cccc(CNC2CC2)c1OC(C)C(=O)NC1CC1. The Morgan fingerprint density at radius 3 is 2.67 bits per heavy atom. The van der Waals surface area contributed by atoms with Gasteiger partial charge in [-0.25, -0.2) is 0 Å². The largest absolute Gasteiger partial charge is 0.480 e. The van der Waals surface area contributed by atoms with Crippen molar-refractivity contribution in [3.8, 4) is 5.75 Å². The second-order valence-electron chi connectivity index (χ2n) is 6.26. The van der Waals surface area contributed by atoms with Crippen LogP contribution in [0.25, 0.3) is 0 Å². The second-order valence-corrected chi connectivity index (χ2v) is 6.26. The van der Waals surface area contributed by atoms with E-state index in [1.807, 2.05) is 26.0 Å². The van der Waals surface area contributed by atoms with Crippen molar-refractivity contribution in [2.45, 2.75) is 64.3 Å². The van der Waals surface area contributed by atoms with E-state index in [9.17, 15) is 4.79 Å². The molecule has 1 aromatic rings. The van der Waals surface area contributed by atoms with Crippen LogP contribution in [0.3, 0.4) is 0 Å². The molecule has 0 radical (unpaired) electrons. The van der Waals surface area contributed by atoms with E-state index < -0.39 is 6.10 Å². The number of hydrogen-bond donors (Lipinski definition) is 2. The van der Waals surface area contributed by atoms with Crippen molar-refractivity contribution in [3.63, 3.8) is 0 Å². The third-order valence-corrected chi connectivity index (χ3v) is 4.04. The van der Waals surface area contributed by atoms with Crippen LogP contribution in [0.1, 0.15) is 43.7 Å². The lowest BCUT2D eigenvalue weighted by Gasteiger charge is -2.19. The minimum atomic E-state index is -0.452. The summed E-state index contributed by atoms with van der Waals surface area (Å²) >= 11 is 0. The number of para-hydroxylation sites is 1. The number of amides is 1. The summed E-state index contributed by atoms with van der Waals surface area (Å²) in [5.74, 6) is 0.839. The van der Waals surface area contributed by atoms with Crippen molar-refractivity contribution in [2.75, 3.05) is 0 Å². The monoisotopic (exact) mass is 288 g/mol. The van der Waals surface area contributed by atoms with Gasteiger partial charge in [-0.15, -0.1) is 0 Å². The van der Waals surface area contributed by atoms with Gasteiger partial charge in [0.25, 0.3) is 5.91 Å². The van der Waals surface area contributed by atoms with Gasteiger partial charge < -0.3 is 15.4 Å². The molecule has 1 atom stereocenters. The summed E-state index contributed by atoms with van der Waals surface area (Å²) in [5, 5.41) is 6.50. The van der Waals surface area contributed by atoms with Gasteiger partial charge in [-0.1, -0.05) is 18.2 Å². The molecule has 0 bridgehead atoms. The lowest BCUT2D eigenvalue weighted by atomic mass is 10.1. The van der Waals surface area contributed by atoms with Gasteiger partial charge in [0.15, 0.2) is 6.10 Å². The maximum atomic E-state index is 12.0. The summed E-state index contributed by atoms with van der Waals surface area (Å²) in [4.78, 5) is 12.0. The van der Waals surface area contributed by atoms with E-state index in [1.54, 1.807) is 0 Å². The number of hydrogen-bond acceptors (Lipinski definition) is 3. The highest BCUT2D eigenvalue weighted by Gasteiger charge is 2.27. The molecular weight excluding hydrogens is 264 g/mol. The Morgan fingerprint density at radius 2 is 2.00 bits per heavy atom. The van der Waals surface area contributed by atoms with E-state index in [-0.39, 0.29) is 5.91 Å². The van der Waals surface area contributed by atoms with Crippen molar-refractivity contribution in [3.05, 3.63) is 29.3 Å². The standard InChI is InChI=1S/C17H24N2O2/c1-11-4-3-5-13(10-18-14-6-7-14)16(11)21-12(2)17(20)19-15-8-9-15/h3-5,12,14-15,18H,6-10H2,1-2H3,(H,19,20). The van der Waals surface area contributed by atoms with Crippen molar-refractivity contribution in [1.82, 2.24) is 10.6 Å². The number of rotatable bonds is 7. The first kappa shape index (κ1) is 14.4. The van der Waals surface area contributed by atoms with Crippen molar-refractivity contribution >= 4 is 5.91 Å². The molecule has 0 spiro atoms. The molecule has 2 N–H and O–H groups in total. The average Bonchev–Trinajstić information content (AvgIpc) is 3.33. The predicted octanol–water partition coefficient (Wildman–Crippen LogP) is 2.29. The van der Waals surface area contributed by atoms with Gasteiger partial charge in [0.2, 0.25) is 0 Å². The number of aryl methyl sites for hydroxylation is 1. The minimum Gasteiger partial charge on any atom is -0.480 e. The van der Waals surface area contributed by atoms with Crippen molar-refractivity contribution in [2.24, 2.45) is 0 Å². The molecule has 4 heteroatoms. The molecule has 114 valence electrons. The van der Waals surface area contributed by atoms with Gasteiger partial charge in [-0.05, 0) is 45.1 Å². The predicted molar refractivity (Wildman–Crippen MR) is 82.3 cm³/mol. The topological polar surface area (TPSA) is 50.4 Å². The number of carbonyl (C=O) groups excluding carboxylic acids is 1. The smallest absolute Gasteiger partial charge is 0.260 e. The van der Waals surface area contributed by atoms with E-state index in [4.69, 9.17) is 4.74 Å². The lowest BCUT2D eigenvalue weighted by Crippen LogP contribution is -2.37. The number of benzene rings is 1. The van der Waals surface area contributed by atoms with Crippen molar-refractivity contribution < 1.29 is 9.53 Å². The Hall–Kier alpha value is -1.55. The zero-order valence-corrected chi connectivity index (χ0v) is 12.8. The molecule has 1 unspecified atom stereocenters. The maximum absolute atomic E-state index is 12.0. The summed E-state index contributed by atoms with van der Waals surface area (Å²) in [6.45, 7) is 4.66. The van der Waals surface area contributed by atoms with Crippen LogP contribution in [0.5, 0.6) is 5.75 Å². The van der Waals surface area contributed by atoms with Gasteiger partial charge in [0.05, 0.1) is 0 Å². The first-order chi connectivity index (χ1) is 10.1. The van der Waals surface area contributed by atoms with Gasteiger partial charge in [0, 0.05) is 24.2 Å². The zero-order chi connectivity index (χ0) is 14.8. The van der Waals surface area contributed by atoms with Gasteiger partial charge >= 0.3 is 0 Å². The molecule has 21 heavy (non-hydrogen) atoms. The Kier molecular flexibility index (Phi) is 4.15. The van der Waals surface area contributed by atoms with Crippen LogP contribution in [0.15, 0.2) is 18.2 Å². The average molecular weight is 288 g/mol. The van der Waals surface area contributed by atoms with E-state index in [1.165, 1.54) is 12.8 Å². The van der Waals surface area contributed by atoms with E-state index in [0.29, 0.717) is 12.1 Å². The van der Waals surface area contributed by atoms with Crippen LogP contribution >= 0.6 is 0 Å². The quantitative estimate of drug-likeness (QED) is 0.809. The molecule has 1 amide bonds. The molecule has 2 saturated carbocycles. The van der Waals surface area contributed by atoms with Gasteiger partial charge in [-0.3, -0.25) is 4.79 Å². The van der Waals surface area contributed by atoms with Crippen LogP contribution in [0.4, 0.5) is 0 Å². The molecule has 1 aromatic carbocycles. The Labute approximate surface area is 126 Å². The molecule has 2 aliphatic carbocycles. The summed E-state index contributed by atoms with van der Waals surface area (Å²) in [5.41, 5.74) is 2.21. The zero-order valence-electron chi connectivity index (χ0n) is 12.8. The molecule has 2 aliphatic rings. The van der Waals surface area contributed by atoms with Crippen LogP contribution in [-0.4, -0.2) is 24.1 Å². The molecule has 0 aliphatic heterocycles. The Bertz CT molecular complexity index is 522. The molecule has 0 aromatic heterocycles. The molecule has 0 saturated heterocycles. The maximum Gasteiger partial charge on any atom is 0.260 e. The fourth-order valence-corrected chi connectivity index (χ4v) is 2.34. The fraction of sp³-hybridized carbons (Fsp3) is 0.588. The number of nitrogens with one attached hydrogen (secondary N) is 2. The van der Waals surface area contributed by atoms with Crippen LogP contribution in [-0.2, 0) is 11.3 Å². The summed E-state index contributed by atoms with van der Waals surface area (Å²) in [7, 11) is 0. The highest BCUT2D eigenvalue weighted by atomic mass is 16.5. The van der Waals surface area contributed by atoms with Gasteiger partial charge in [0.1, 0.15) is 5.75 Å². The van der Waals surface area contributed by atoms with Gasteiger partial charge in [-0.2, -0.15) is 0 Å². The molecular formula is C17H24N2O2. The fourth-order valence-electron chi connectivity index (χ4n) is 2.34. The van der Waals surface area contributed by atoms with Crippen molar-refractivity contribution in [1.29, 1.82) is 0 Å². The normalized spacial score (nSPS) is 19.1. The Morgan fingerprint density at radius 1 is 1.29 bits per heavy atom. The highest BCUT2D eigenvalue weighted by Crippen LogP contribution is 2.27. The molecule has 2 fully saturated rings. The molecule has 4 nitrogen and oxygen atoms in total. The summed E-state index contributed by atoms with van der Waals surface area (Å²) in [6, 6.07) is 7.18. The summed E-state index contributed by atoms with van der Waals surface area (Å²) < 4.78 is 5.97. The van der Waals surface area contributed by atoms with E-state index >= 15 is 0 Å². The Balaban J connectivity index is 1.65. The number of ether oxygens (including phenoxy) is 1. The highest BCUT2D eigenvalue weighted by molar-refractivity contribution is 5.81. The molecule has 3 rings (SSSR count). The van der Waals surface area contributed by atoms with E-state index in [2.05, 4.69) is 16.7 Å². The second kappa shape index (κ2) is 6.06. The van der Waals surface area contributed by atoms with Crippen LogP contribution < -0.4 is 15.4 Å². The number of carbonyl (C=O) groups is 1. The third kappa shape index (κ3) is 3.97. The summed E-state index contributed by atoms with van der Waals surface area (Å²) in [6.07, 6.45) is 4.27. The molecule has 0 heterocycles. The third-order valence-electron chi connectivity index (χ3n) is 4.04. The van der Waals surface area contributed by atoms with E-state index in [0.717, 1.165) is 36.3 Å². The first-order valence-corrected chi connectivity index (χ1v) is 7.92.